The predicted molar refractivity (Wildman–Crippen MR) is 115 cm³/mol. The molecular formula is C22H20N2O6S. The monoisotopic (exact) mass is 440 g/mol. The molecule has 0 radical (unpaired) electrons. The molecule has 2 aromatic rings. The summed E-state index contributed by atoms with van der Waals surface area (Å²) in [5, 5.41) is 11.7. The molecule has 2 heterocycles. The summed E-state index contributed by atoms with van der Waals surface area (Å²) in [6.07, 6.45) is 2.28. The van der Waals surface area contributed by atoms with E-state index in [9.17, 15) is 19.5 Å². The van der Waals surface area contributed by atoms with Gasteiger partial charge in [0.05, 0.1) is 4.91 Å². The first-order chi connectivity index (χ1) is 15.0. The van der Waals surface area contributed by atoms with Crippen LogP contribution in [0.3, 0.4) is 0 Å². The zero-order valence-corrected chi connectivity index (χ0v) is 17.3. The number of hydrogen-bond acceptors (Lipinski definition) is 7. The summed E-state index contributed by atoms with van der Waals surface area (Å²) in [6, 6.07) is 12.0. The lowest BCUT2D eigenvalue weighted by molar-refractivity contribution is -0.124. The maximum atomic E-state index is 12.6. The van der Waals surface area contributed by atoms with E-state index >= 15 is 0 Å². The van der Waals surface area contributed by atoms with E-state index in [2.05, 4.69) is 5.32 Å². The number of fused-ring (bicyclic) bond motifs is 1. The van der Waals surface area contributed by atoms with E-state index < -0.39 is 11.1 Å². The second kappa shape index (κ2) is 9.13. The topological polar surface area (TPSA) is 105 Å². The van der Waals surface area contributed by atoms with Gasteiger partial charge < -0.3 is 19.9 Å². The van der Waals surface area contributed by atoms with E-state index in [1.165, 1.54) is 0 Å². The normalized spacial score (nSPS) is 16.3. The molecule has 9 heteroatoms. The second-order valence-electron chi connectivity index (χ2n) is 6.96. The highest BCUT2D eigenvalue weighted by atomic mass is 32.2. The molecule has 1 fully saturated rings. The third-order valence-corrected chi connectivity index (χ3v) is 5.71. The van der Waals surface area contributed by atoms with Gasteiger partial charge in [0.1, 0.15) is 5.75 Å². The average Bonchev–Trinajstić information content (AvgIpc) is 3.32. The van der Waals surface area contributed by atoms with Gasteiger partial charge in [-0.2, -0.15) is 0 Å². The zero-order chi connectivity index (χ0) is 21.8. The van der Waals surface area contributed by atoms with Gasteiger partial charge in [-0.3, -0.25) is 19.3 Å². The molecule has 0 saturated carbocycles. The van der Waals surface area contributed by atoms with Gasteiger partial charge >= 0.3 is 0 Å². The lowest BCUT2D eigenvalue weighted by Gasteiger charge is -2.12. The summed E-state index contributed by atoms with van der Waals surface area (Å²) in [5.74, 6) is 0.776. The van der Waals surface area contributed by atoms with E-state index in [4.69, 9.17) is 9.47 Å². The van der Waals surface area contributed by atoms with Crippen molar-refractivity contribution in [1.82, 2.24) is 10.2 Å². The maximum absolute atomic E-state index is 12.6. The smallest absolute Gasteiger partial charge is 0.293 e. The van der Waals surface area contributed by atoms with Gasteiger partial charge in [-0.1, -0.05) is 18.2 Å². The van der Waals surface area contributed by atoms with Crippen LogP contribution in [0.1, 0.15) is 17.5 Å². The quantitative estimate of drug-likeness (QED) is 0.638. The van der Waals surface area contributed by atoms with Crippen LogP contribution in [0.15, 0.2) is 47.4 Å². The molecule has 1 saturated heterocycles. The Morgan fingerprint density at radius 3 is 2.71 bits per heavy atom. The van der Waals surface area contributed by atoms with Crippen LogP contribution in [0.5, 0.6) is 17.2 Å². The Hall–Kier alpha value is -3.46. The largest absolute Gasteiger partial charge is 0.508 e. The lowest BCUT2D eigenvalue weighted by Crippen LogP contribution is -2.34. The molecule has 2 aliphatic heterocycles. The number of phenols is 1. The number of ether oxygens (including phenoxy) is 2. The van der Waals surface area contributed by atoms with Gasteiger partial charge in [0.25, 0.3) is 11.1 Å². The van der Waals surface area contributed by atoms with Crippen LogP contribution < -0.4 is 14.8 Å². The number of thioether (sulfide) groups is 1. The minimum atomic E-state index is -0.412. The van der Waals surface area contributed by atoms with Crippen LogP contribution >= 0.6 is 11.8 Å². The molecule has 0 aromatic heterocycles. The highest BCUT2D eigenvalue weighted by molar-refractivity contribution is 8.18. The lowest BCUT2D eigenvalue weighted by atomic mass is 10.1. The highest BCUT2D eigenvalue weighted by Gasteiger charge is 2.35. The Bertz CT molecular complexity index is 1050. The predicted octanol–water partition coefficient (Wildman–Crippen LogP) is 2.91. The van der Waals surface area contributed by atoms with Gasteiger partial charge in [-0.05, 0) is 59.7 Å². The molecular weight excluding hydrogens is 420 g/mol. The van der Waals surface area contributed by atoms with E-state index in [1.807, 2.05) is 0 Å². The summed E-state index contributed by atoms with van der Waals surface area (Å²) in [5.41, 5.74) is 1.71. The summed E-state index contributed by atoms with van der Waals surface area (Å²) >= 11 is 0.852. The Morgan fingerprint density at radius 1 is 1.13 bits per heavy atom. The number of carbonyl (C=O) groups excluding carboxylic acids is 3. The molecule has 8 nitrogen and oxygen atoms in total. The number of nitrogens with zero attached hydrogens (tertiary/aromatic N) is 1. The van der Waals surface area contributed by atoms with Gasteiger partial charge in [-0.15, -0.1) is 0 Å². The van der Waals surface area contributed by atoms with Crippen molar-refractivity contribution in [3.63, 3.8) is 0 Å². The Kier molecular flexibility index (Phi) is 6.13. The second-order valence-corrected chi connectivity index (χ2v) is 7.96. The molecule has 4 rings (SSSR count). The fourth-order valence-electron chi connectivity index (χ4n) is 3.16. The van der Waals surface area contributed by atoms with Crippen molar-refractivity contribution >= 4 is 34.9 Å². The van der Waals surface area contributed by atoms with Crippen LogP contribution in [0.4, 0.5) is 4.79 Å². The van der Waals surface area contributed by atoms with Crippen molar-refractivity contribution in [2.45, 2.75) is 12.8 Å². The number of aromatic hydroxyl groups is 1. The van der Waals surface area contributed by atoms with E-state index in [-0.39, 0.29) is 31.4 Å². The molecule has 0 atom stereocenters. The van der Waals surface area contributed by atoms with Crippen LogP contribution in [0, 0.1) is 0 Å². The summed E-state index contributed by atoms with van der Waals surface area (Å²) < 4.78 is 10.6. The third kappa shape index (κ3) is 5.00. The molecule has 0 aliphatic carbocycles. The number of hydrogen-bond donors (Lipinski definition) is 2. The Morgan fingerprint density at radius 2 is 1.90 bits per heavy atom. The average molecular weight is 440 g/mol. The van der Waals surface area contributed by atoms with Gasteiger partial charge in [0.15, 0.2) is 11.5 Å². The molecule has 31 heavy (non-hydrogen) atoms. The molecule has 0 spiro atoms. The van der Waals surface area contributed by atoms with Crippen LogP contribution in [0.2, 0.25) is 0 Å². The van der Waals surface area contributed by atoms with Crippen molar-refractivity contribution in [3.8, 4) is 17.2 Å². The van der Waals surface area contributed by atoms with Gasteiger partial charge in [-0.25, -0.2) is 0 Å². The summed E-state index contributed by atoms with van der Waals surface area (Å²) in [4.78, 5) is 38.3. The maximum Gasteiger partial charge on any atom is 0.293 e. The van der Waals surface area contributed by atoms with E-state index in [1.54, 1.807) is 48.5 Å². The summed E-state index contributed by atoms with van der Waals surface area (Å²) in [6.45, 7) is 0.607. The molecule has 3 amide bonds. The molecule has 0 bridgehead atoms. The van der Waals surface area contributed by atoms with Crippen LogP contribution in [-0.4, -0.2) is 46.9 Å². The van der Waals surface area contributed by atoms with Crippen LogP contribution in [0.25, 0.3) is 6.08 Å². The number of amides is 3. The van der Waals surface area contributed by atoms with Crippen molar-refractivity contribution in [3.05, 3.63) is 58.5 Å². The molecule has 2 N–H and O–H groups in total. The first kappa shape index (κ1) is 20.8. The van der Waals surface area contributed by atoms with Crippen molar-refractivity contribution in [1.29, 1.82) is 0 Å². The first-order valence-corrected chi connectivity index (χ1v) is 10.5. The number of rotatable bonds is 7. The van der Waals surface area contributed by atoms with Gasteiger partial charge in [0, 0.05) is 19.5 Å². The van der Waals surface area contributed by atoms with E-state index in [0.717, 1.165) is 27.8 Å². The van der Waals surface area contributed by atoms with Crippen LogP contribution in [-0.2, 0) is 16.0 Å². The molecule has 160 valence electrons. The highest BCUT2D eigenvalue weighted by Crippen LogP contribution is 2.36. The van der Waals surface area contributed by atoms with E-state index in [0.29, 0.717) is 29.4 Å². The Balaban J connectivity index is 1.28. The molecule has 2 aromatic carbocycles. The fraction of sp³-hybridized carbons (Fsp3) is 0.227. The van der Waals surface area contributed by atoms with Crippen molar-refractivity contribution in [2.24, 2.45) is 0 Å². The van der Waals surface area contributed by atoms with Gasteiger partial charge in [0.2, 0.25) is 12.7 Å². The number of nitrogens with one attached hydrogen (secondary N) is 1. The molecule has 0 unspecified atom stereocenters. The minimum absolute atomic E-state index is 0.0220. The third-order valence-electron chi connectivity index (χ3n) is 4.80. The summed E-state index contributed by atoms with van der Waals surface area (Å²) in [7, 11) is 0. The zero-order valence-electron chi connectivity index (χ0n) is 16.5. The first-order valence-electron chi connectivity index (χ1n) is 9.69. The number of phenolic OH excluding ortho intramolecular Hbond substituents is 1. The SMILES string of the molecule is O=C(CCN1C(=O)S/C(=C\c2ccc3c(c2)OCO3)C1=O)NCCc1ccc(O)cc1. The Labute approximate surface area is 182 Å². The standard InChI is InChI=1S/C22H20N2O6S/c25-16-4-1-14(2-5-16)7-9-23-20(26)8-10-24-21(27)19(31-22(24)28)12-15-3-6-17-18(11-15)30-13-29-17/h1-6,11-12,25H,7-10,13H2,(H,23,26)/b19-12-. The number of benzene rings is 2. The minimum Gasteiger partial charge on any atom is -0.508 e. The fourth-order valence-corrected chi connectivity index (χ4v) is 4.02. The molecule has 2 aliphatic rings. The van der Waals surface area contributed by atoms with Crippen molar-refractivity contribution in [2.75, 3.05) is 19.9 Å². The number of imide groups is 1. The number of carbonyl (C=O) groups is 3. The van der Waals surface area contributed by atoms with Crippen molar-refractivity contribution < 1.29 is 29.0 Å².